The zero-order chi connectivity index (χ0) is 17.9. The van der Waals surface area contributed by atoms with Crippen LogP contribution in [0.2, 0.25) is 0 Å². The smallest absolute Gasteiger partial charge is 0.237 e. The Bertz CT molecular complexity index is 903. The third-order valence-corrected chi connectivity index (χ3v) is 4.93. The first kappa shape index (κ1) is 16.5. The van der Waals surface area contributed by atoms with Gasteiger partial charge in [0.15, 0.2) is 0 Å². The molecule has 1 aliphatic heterocycles. The lowest BCUT2D eigenvalue weighted by Crippen LogP contribution is -2.49. The lowest BCUT2D eigenvalue weighted by Gasteiger charge is -2.35. The number of carbonyl (C=O) groups excluding carboxylic acids is 1. The van der Waals surface area contributed by atoms with Crippen LogP contribution in [-0.2, 0) is 24.3 Å². The van der Waals surface area contributed by atoms with E-state index in [1.54, 1.807) is 7.05 Å². The van der Waals surface area contributed by atoms with Gasteiger partial charge < -0.3 is 5.32 Å². The Morgan fingerprint density at radius 2 is 1.81 bits per heavy atom. The Kier molecular flexibility index (Phi) is 4.54. The maximum absolute atomic E-state index is 12.4. The van der Waals surface area contributed by atoms with Crippen LogP contribution in [0.3, 0.4) is 0 Å². The lowest BCUT2D eigenvalue weighted by molar-refractivity contribution is -0.126. The van der Waals surface area contributed by atoms with Gasteiger partial charge in [-0.1, -0.05) is 42.5 Å². The van der Waals surface area contributed by atoms with Gasteiger partial charge in [-0.3, -0.25) is 9.69 Å². The number of rotatable bonds is 4. The fourth-order valence-corrected chi connectivity index (χ4v) is 3.55. The highest BCUT2D eigenvalue weighted by Gasteiger charge is 2.31. The van der Waals surface area contributed by atoms with E-state index in [4.69, 9.17) is 5.10 Å². The van der Waals surface area contributed by atoms with Crippen molar-refractivity contribution < 1.29 is 4.79 Å². The molecule has 0 unspecified atom stereocenters. The summed E-state index contributed by atoms with van der Waals surface area (Å²) in [5, 5.41) is 7.50. The van der Waals surface area contributed by atoms with Crippen LogP contribution in [0.4, 0.5) is 0 Å². The first-order valence-corrected chi connectivity index (χ1v) is 8.87. The number of hydrogen-bond acceptors (Lipinski definition) is 3. The van der Waals surface area contributed by atoms with Crippen molar-refractivity contribution in [3.8, 4) is 5.69 Å². The first-order valence-electron chi connectivity index (χ1n) is 8.87. The fraction of sp³-hybridized carbons (Fsp3) is 0.238. The van der Waals surface area contributed by atoms with Crippen LogP contribution < -0.4 is 5.32 Å². The standard InChI is InChI=1S/C21H22N4O/c1-22-21(26)20-13-16-7-5-6-8-17(16)14-24(20)15-18-11-12-25(23-18)19-9-3-2-4-10-19/h2-12,20H,13-15H2,1H3,(H,22,26)/t20-/m0/s1. The molecule has 5 heteroatoms. The molecule has 0 bridgehead atoms. The van der Waals surface area contributed by atoms with E-state index >= 15 is 0 Å². The highest BCUT2D eigenvalue weighted by Crippen LogP contribution is 2.25. The van der Waals surface area contributed by atoms with E-state index in [0.29, 0.717) is 6.54 Å². The van der Waals surface area contributed by atoms with Crippen molar-refractivity contribution in [1.29, 1.82) is 0 Å². The molecular formula is C21H22N4O. The fourth-order valence-electron chi connectivity index (χ4n) is 3.55. The van der Waals surface area contributed by atoms with Gasteiger partial charge in [-0.15, -0.1) is 0 Å². The van der Waals surface area contributed by atoms with E-state index < -0.39 is 0 Å². The van der Waals surface area contributed by atoms with E-state index in [9.17, 15) is 4.79 Å². The Morgan fingerprint density at radius 1 is 1.08 bits per heavy atom. The van der Waals surface area contributed by atoms with Crippen molar-refractivity contribution in [2.45, 2.75) is 25.6 Å². The van der Waals surface area contributed by atoms with Crippen molar-refractivity contribution in [3.63, 3.8) is 0 Å². The average molecular weight is 346 g/mol. The molecule has 4 rings (SSSR count). The maximum Gasteiger partial charge on any atom is 0.237 e. The zero-order valence-corrected chi connectivity index (χ0v) is 14.8. The van der Waals surface area contributed by atoms with Gasteiger partial charge in [0.2, 0.25) is 5.91 Å². The third-order valence-electron chi connectivity index (χ3n) is 4.93. The molecule has 1 amide bonds. The summed E-state index contributed by atoms with van der Waals surface area (Å²) in [4.78, 5) is 14.6. The van der Waals surface area contributed by atoms with E-state index in [2.05, 4.69) is 28.4 Å². The predicted octanol–water partition coefficient (Wildman–Crippen LogP) is 2.55. The molecule has 132 valence electrons. The molecule has 2 heterocycles. The van der Waals surface area contributed by atoms with Crippen molar-refractivity contribution in [3.05, 3.63) is 83.7 Å². The molecule has 2 aromatic carbocycles. The molecule has 1 aliphatic rings. The summed E-state index contributed by atoms with van der Waals surface area (Å²) in [6.45, 7) is 1.40. The first-order chi connectivity index (χ1) is 12.7. The van der Waals surface area contributed by atoms with E-state index in [-0.39, 0.29) is 11.9 Å². The molecule has 5 nitrogen and oxygen atoms in total. The summed E-state index contributed by atoms with van der Waals surface area (Å²) in [5.41, 5.74) is 4.54. The Morgan fingerprint density at radius 3 is 2.58 bits per heavy atom. The van der Waals surface area contributed by atoms with Crippen LogP contribution in [-0.4, -0.2) is 33.7 Å². The second-order valence-electron chi connectivity index (χ2n) is 6.60. The maximum atomic E-state index is 12.4. The number of fused-ring (bicyclic) bond motifs is 1. The van der Waals surface area contributed by atoms with Gasteiger partial charge in [0.05, 0.1) is 17.4 Å². The number of nitrogens with zero attached hydrogens (tertiary/aromatic N) is 3. The van der Waals surface area contributed by atoms with Gasteiger partial charge in [-0.2, -0.15) is 5.10 Å². The van der Waals surface area contributed by atoms with E-state index in [1.165, 1.54) is 11.1 Å². The van der Waals surface area contributed by atoms with Crippen molar-refractivity contribution in [1.82, 2.24) is 20.0 Å². The molecule has 3 aromatic rings. The number of nitrogens with one attached hydrogen (secondary N) is 1. The summed E-state index contributed by atoms with van der Waals surface area (Å²) < 4.78 is 1.88. The quantitative estimate of drug-likeness (QED) is 0.790. The van der Waals surface area contributed by atoms with Gasteiger partial charge in [0.25, 0.3) is 0 Å². The van der Waals surface area contributed by atoms with Crippen LogP contribution >= 0.6 is 0 Å². The zero-order valence-electron chi connectivity index (χ0n) is 14.8. The van der Waals surface area contributed by atoms with Crippen molar-refractivity contribution in [2.24, 2.45) is 0 Å². The summed E-state index contributed by atoms with van der Waals surface area (Å²) in [6.07, 6.45) is 2.70. The SMILES string of the molecule is CNC(=O)[C@@H]1Cc2ccccc2CN1Cc1ccn(-c2ccccc2)n1. The topological polar surface area (TPSA) is 50.2 Å². The summed E-state index contributed by atoms with van der Waals surface area (Å²) in [7, 11) is 1.70. The molecule has 26 heavy (non-hydrogen) atoms. The van der Waals surface area contributed by atoms with Gasteiger partial charge >= 0.3 is 0 Å². The van der Waals surface area contributed by atoms with Crippen molar-refractivity contribution >= 4 is 5.91 Å². The van der Waals surface area contributed by atoms with Crippen LogP contribution in [0.15, 0.2) is 66.9 Å². The number of carbonyl (C=O) groups is 1. The number of amides is 1. The van der Waals surface area contributed by atoms with Gasteiger partial charge in [-0.05, 0) is 35.7 Å². The monoisotopic (exact) mass is 346 g/mol. The van der Waals surface area contributed by atoms with E-state index in [1.807, 2.05) is 53.3 Å². The normalized spacial score (nSPS) is 16.9. The highest BCUT2D eigenvalue weighted by atomic mass is 16.2. The van der Waals surface area contributed by atoms with Gasteiger partial charge in [0, 0.05) is 26.3 Å². The van der Waals surface area contributed by atoms with Crippen LogP contribution in [0.1, 0.15) is 16.8 Å². The Balaban J connectivity index is 1.58. The number of para-hydroxylation sites is 1. The third kappa shape index (κ3) is 3.26. The summed E-state index contributed by atoms with van der Waals surface area (Å²) in [6, 6.07) is 20.3. The van der Waals surface area contributed by atoms with Crippen LogP contribution in [0.5, 0.6) is 0 Å². The molecule has 0 aliphatic carbocycles. The minimum atomic E-state index is -0.170. The molecule has 1 atom stereocenters. The van der Waals surface area contributed by atoms with Gasteiger partial charge in [0.1, 0.15) is 0 Å². The Hall–Kier alpha value is -2.92. The minimum absolute atomic E-state index is 0.0574. The molecule has 1 aromatic heterocycles. The molecule has 0 saturated carbocycles. The molecule has 0 spiro atoms. The average Bonchev–Trinajstić information content (AvgIpc) is 3.16. The Labute approximate surface area is 153 Å². The number of hydrogen-bond donors (Lipinski definition) is 1. The second kappa shape index (κ2) is 7.14. The number of likely N-dealkylation sites (N-methyl/N-ethyl adjacent to an activating group) is 1. The molecular weight excluding hydrogens is 324 g/mol. The summed E-state index contributed by atoms with van der Waals surface area (Å²) >= 11 is 0. The summed E-state index contributed by atoms with van der Waals surface area (Å²) in [5.74, 6) is 0.0574. The largest absolute Gasteiger partial charge is 0.358 e. The molecule has 1 N–H and O–H groups in total. The molecule has 0 radical (unpaired) electrons. The van der Waals surface area contributed by atoms with E-state index in [0.717, 1.165) is 24.3 Å². The predicted molar refractivity (Wildman–Crippen MR) is 101 cm³/mol. The van der Waals surface area contributed by atoms with Crippen LogP contribution in [0, 0.1) is 0 Å². The highest BCUT2D eigenvalue weighted by molar-refractivity contribution is 5.82. The minimum Gasteiger partial charge on any atom is -0.358 e. The van der Waals surface area contributed by atoms with Crippen LogP contribution in [0.25, 0.3) is 5.69 Å². The second-order valence-corrected chi connectivity index (χ2v) is 6.60. The number of aromatic nitrogens is 2. The van der Waals surface area contributed by atoms with Crippen molar-refractivity contribution in [2.75, 3.05) is 7.05 Å². The van der Waals surface area contributed by atoms with Gasteiger partial charge in [-0.25, -0.2) is 4.68 Å². The number of benzene rings is 2. The molecule has 0 saturated heterocycles. The lowest BCUT2D eigenvalue weighted by atomic mass is 9.93. The molecule has 0 fully saturated rings.